The van der Waals surface area contributed by atoms with Crippen molar-refractivity contribution < 1.29 is 9.53 Å². The molecule has 5 heteroatoms. The molecule has 0 bridgehead atoms. The number of rotatable bonds is 4. The lowest BCUT2D eigenvalue weighted by atomic mass is 10.1. The summed E-state index contributed by atoms with van der Waals surface area (Å²) in [5.41, 5.74) is 2.88. The summed E-state index contributed by atoms with van der Waals surface area (Å²) in [5.74, 6) is 0.625. The van der Waals surface area contributed by atoms with E-state index in [1.54, 1.807) is 7.11 Å². The van der Waals surface area contributed by atoms with Crippen molar-refractivity contribution in [1.82, 2.24) is 5.32 Å². The van der Waals surface area contributed by atoms with Crippen LogP contribution < -0.4 is 15.4 Å². The van der Waals surface area contributed by atoms with E-state index in [1.165, 1.54) is 0 Å². The second-order valence-corrected chi connectivity index (χ2v) is 5.24. The number of hydrogen-bond donors (Lipinski definition) is 2. The molecule has 0 aliphatic rings. The standard InChI is InChI=1S/C17H18N2O2S/c1-12-5-3-4-6-13(12)11-16(20)19-17(22)18-14-7-9-15(21-2)10-8-14/h3-10H,11H2,1-2H3,(H2,18,19,20,22). The molecular weight excluding hydrogens is 296 g/mol. The average molecular weight is 314 g/mol. The molecule has 114 valence electrons. The third-order valence-electron chi connectivity index (χ3n) is 3.21. The quantitative estimate of drug-likeness (QED) is 0.852. The Morgan fingerprint density at radius 1 is 1.14 bits per heavy atom. The van der Waals surface area contributed by atoms with Gasteiger partial charge in [-0.15, -0.1) is 0 Å². The van der Waals surface area contributed by atoms with Gasteiger partial charge in [-0.2, -0.15) is 0 Å². The summed E-state index contributed by atoms with van der Waals surface area (Å²) in [6.45, 7) is 1.98. The molecule has 0 spiro atoms. The normalized spacial score (nSPS) is 9.91. The van der Waals surface area contributed by atoms with Gasteiger partial charge < -0.3 is 15.4 Å². The first kappa shape index (κ1) is 16.0. The van der Waals surface area contributed by atoms with Crippen molar-refractivity contribution >= 4 is 28.9 Å². The van der Waals surface area contributed by atoms with Gasteiger partial charge in [-0.25, -0.2) is 0 Å². The Balaban J connectivity index is 1.88. The van der Waals surface area contributed by atoms with Crippen LogP contribution in [0.15, 0.2) is 48.5 Å². The summed E-state index contributed by atoms with van der Waals surface area (Å²) in [6.07, 6.45) is 0.303. The lowest BCUT2D eigenvalue weighted by molar-refractivity contribution is -0.119. The van der Waals surface area contributed by atoms with Crippen LogP contribution in [0, 0.1) is 6.92 Å². The molecule has 0 heterocycles. The second kappa shape index (κ2) is 7.56. The average Bonchev–Trinajstić information content (AvgIpc) is 2.50. The van der Waals surface area contributed by atoms with Crippen LogP contribution in [0.1, 0.15) is 11.1 Å². The number of aryl methyl sites for hydroxylation is 1. The molecule has 0 fully saturated rings. The monoisotopic (exact) mass is 314 g/mol. The number of carbonyl (C=O) groups is 1. The van der Waals surface area contributed by atoms with E-state index in [1.807, 2.05) is 55.5 Å². The molecular formula is C17H18N2O2S. The van der Waals surface area contributed by atoms with E-state index in [4.69, 9.17) is 17.0 Å². The molecule has 22 heavy (non-hydrogen) atoms. The van der Waals surface area contributed by atoms with E-state index in [-0.39, 0.29) is 11.0 Å². The van der Waals surface area contributed by atoms with E-state index in [2.05, 4.69) is 10.6 Å². The molecule has 0 atom stereocenters. The third-order valence-corrected chi connectivity index (χ3v) is 3.42. The van der Waals surface area contributed by atoms with Gasteiger partial charge in [0.15, 0.2) is 5.11 Å². The molecule has 2 aromatic rings. The fourth-order valence-corrected chi connectivity index (χ4v) is 2.22. The van der Waals surface area contributed by atoms with Gasteiger partial charge in [0.25, 0.3) is 0 Å². The van der Waals surface area contributed by atoms with Crippen LogP contribution in [0.2, 0.25) is 0 Å². The maximum absolute atomic E-state index is 12.0. The summed E-state index contributed by atoms with van der Waals surface area (Å²) < 4.78 is 5.09. The SMILES string of the molecule is COc1ccc(NC(=S)NC(=O)Cc2ccccc2C)cc1. The van der Waals surface area contributed by atoms with Gasteiger partial charge in [-0.1, -0.05) is 24.3 Å². The van der Waals surface area contributed by atoms with Crippen molar-refractivity contribution in [2.24, 2.45) is 0 Å². The van der Waals surface area contributed by atoms with Crippen molar-refractivity contribution in [2.45, 2.75) is 13.3 Å². The fourth-order valence-electron chi connectivity index (χ4n) is 1.99. The van der Waals surface area contributed by atoms with E-state index < -0.39 is 0 Å². The number of thiocarbonyl (C=S) groups is 1. The van der Waals surface area contributed by atoms with Crippen LogP contribution >= 0.6 is 12.2 Å². The highest BCUT2D eigenvalue weighted by Gasteiger charge is 2.07. The summed E-state index contributed by atoms with van der Waals surface area (Å²) in [4.78, 5) is 12.0. The van der Waals surface area contributed by atoms with Gasteiger partial charge in [0.2, 0.25) is 5.91 Å². The van der Waals surface area contributed by atoms with E-state index >= 15 is 0 Å². The Morgan fingerprint density at radius 2 is 1.82 bits per heavy atom. The maximum atomic E-state index is 12.0. The maximum Gasteiger partial charge on any atom is 0.230 e. The minimum atomic E-state index is -0.139. The number of carbonyl (C=O) groups excluding carboxylic acids is 1. The highest BCUT2D eigenvalue weighted by molar-refractivity contribution is 7.80. The van der Waals surface area contributed by atoms with Crippen molar-refractivity contribution in [1.29, 1.82) is 0 Å². The zero-order valence-corrected chi connectivity index (χ0v) is 13.4. The summed E-state index contributed by atoms with van der Waals surface area (Å²) >= 11 is 5.15. The minimum absolute atomic E-state index is 0.139. The highest BCUT2D eigenvalue weighted by Crippen LogP contribution is 2.14. The predicted octanol–water partition coefficient (Wildman–Crippen LogP) is 3.06. The number of methoxy groups -OCH3 is 1. The van der Waals surface area contributed by atoms with Crippen LogP contribution in [0.4, 0.5) is 5.69 Å². The smallest absolute Gasteiger partial charge is 0.230 e. The number of hydrogen-bond acceptors (Lipinski definition) is 3. The molecule has 0 saturated carbocycles. The van der Waals surface area contributed by atoms with Gasteiger partial charge >= 0.3 is 0 Å². The second-order valence-electron chi connectivity index (χ2n) is 4.83. The molecule has 2 aromatic carbocycles. The molecule has 2 N–H and O–H groups in total. The Bertz CT molecular complexity index is 669. The Kier molecular flexibility index (Phi) is 5.49. The van der Waals surface area contributed by atoms with Crippen LogP contribution in [0.25, 0.3) is 0 Å². The Morgan fingerprint density at radius 3 is 2.45 bits per heavy atom. The summed E-state index contributed by atoms with van der Waals surface area (Å²) in [6, 6.07) is 15.1. The fraction of sp³-hybridized carbons (Fsp3) is 0.176. The number of benzene rings is 2. The van der Waals surface area contributed by atoms with Gasteiger partial charge in [0.05, 0.1) is 13.5 Å². The zero-order valence-electron chi connectivity index (χ0n) is 12.6. The van der Waals surface area contributed by atoms with E-state index in [0.29, 0.717) is 6.42 Å². The summed E-state index contributed by atoms with van der Waals surface area (Å²) in [7, 11) is 1.61. The van der Waals surface area contributed by atoms with Crippen LogP contribution in [0.5, 0.6) is 5.75 Å². The lowest BCUT2D eigenvalue weighted by Crippen LogP contribution is -2.35. The lowest BCUT2D eigenvalue weighted by Gasteiger charge is -2.11. The molecule has 0 aliphatic heterocycles. The molecule has 0 unspecified atom stereocenters. The first-order valence-electron chi connectivity index (χ1n) is 6.88. The van der Waals surface area contributed by atoms with Crippen LogP contribution in [0.3, 0.4) is 0 Å². The number of amides is 1. The molecule has 2 rings (SSSR count). The predicted molar refractivity (Wildman–Crippen MR) is 92.2 cm³/mol. The Labute approximate surface area is 135 Å². The van der Waals surface area contributed by atoms with Gasteiger partial charge in [-0.3, -0.25) is 4.79 Å². The third kappa shape index (κ3) is 4.56. The largest absolute Gasteiger partial charge is 0.497 e. The van der Waals surface area contributed by atoms with Crippen LogP contribution in [-0.2, 0) is 11.2 Å². The minimum Gasteiger partial charge on any atom is -0.497 e. The van der Waals surface area contributed by atoms with Gasteiger partial charge in [-0.05, 0) is 54.5 Å². The van der Waals surface area contributed by atoms with E-state index in [9.17, 15) is 4.79 Å². The molecule has 4 nitrogen and oxygen atoms in total. The molecule has 0 radical (unpaired) electrons. The van der Waals surface area contributed by atoms with Crippen molar-refractivity contribution in [3.05, 3.63) is 59.7 Å². The molecule has 1 amide bonds. The first-order valence-corrected chi connectivity index (χ1v) is 7.28. The molecule has 0 aromatic heterocycles. The topological polar surface area (TPSA) is 50.4 Å². The first-order chi connectivity index (χ1) is 10.6. The Hall–Kier alpha value is -2.40. The van der Waals surface area contributed by atoms with Crippen LogP contribution in [-0.4, -0.2) is 18.1 Å². The number of ether oxygens (including phenoxy) is 1. The highest BCUT2D eigenvalue weighted by atomic mass is 32.1. The molecule has 0 aliphatic carbocycles. The van der Waals surface area contributed by atoms with E-state index in [0.717, 1.165) is 22.6 Å². The summed E-state index contributed by atoms with van der Waals surface area (Å²) in [5, 5.41) is 5.93. The van der Waals surface area contributed by atoms with Gasteiger partial charge in [0.1, 0.15) is 5.75 Å². The van der Waals surface area contributed by atoms with Gasteiger partial charge in [0, 0.05) is 5.69 Å². The number of anilines is 1. The number of nitrogens with one attached hydrogen (secondary N) is 2. The van der Waals surface area contributed by atoms with Crippen molar-refractivity contribution in [3.8, 4) is 5.75 Å². The van der Waals surface area contributed by atoms with Crippen molar-refractivity contribution in [3.63, 3.8) is 0 Å². The zero-order chi connectivity index (χ0) is 15.9. The molecule has 0 saturated heterocycles. The van der Waals surface area contributed by atoms with Crippen molar-refractivity contribution in [2.75, 3.05) is 12.4 Å².